The summed E-state index contributed by atoms with van der Waals surface area (Å²) in [5, 5.41) is 6.58. The molecule has 6 nitrogen and oxygen atoms in total. The van der Waals surface area contributed by atoms with Gasteiger partial charge in [-0.1, -0.05) is 13.8 Å². The van der Waals surface area contributed by atoms with E-state index in [1.807, 2.05) is 13.8 Å². The van der Waals surface area contributed by atoms with Crippen molar-refractivity contribution in [2.24, 2.45) is 0 Å². The van der Waals surface area contributed by atoms with Crippen LogP contribution in [0.5, 0.6) is 0 Å². The van der Waals surface area contributed by atoms with Crippen LogP contribution in [0.1, 0.15) is 44.9 Å². The third-order valence-corrected chi connectivity index (χ3v) is 2.37. The summed E-state index contributed by atoms with van der Waals surface area (Å²) in [6.45, 7) is 6.72. The fourth-order valence-electron chi connectivity index (χ4n) is 1.57. The van der Waals surface area contributed by atoms with Crippen molar-refractivity contribution in [1.82, 2.24) is 10.2 Å². The van der Waals surface area contributed by atoms with Crippen molar-refractivity contribution in [3.63, 3.8) is 0 Å². The Morgan fingerprint density at radius 2 is 1.61 bits per heavy atom. The molecule has 0 radical (unpaired) electrons. The van der Waals surface area contributed by atoms with Gasteiger partial charge in [-0.3, -0.25) is 9.59 Å². The van der Waals surface area contributed by atoms with Gasteiger partial charge in [0.15, 0.2) is 5.92 Å². The molecule has 9 heteroatoms. The van der Waals surface area contributed by atoms with Crippen LogP contribution >= 0.6 is 0 Å². The number of carbonyl (C=O) groups excluding carboxylic acids is 2. The highest BCUT2D eigenvalue weighted by Crippen LogP contribution is 2.34. The summed E-state index contributed by atoms with van der Waals surface area (Å²) in [7, 11) is 0. The van der Waals surface area contributed by atoms with Gasteiger partial charge in [0.1, 0.15) is 5.69 Å². The molecule has 0 unspecified atom stereocenters. The molecule has 1 heterocycles. The summed E-state index contributed by atoms with van der Waals surface area (Å²) in [4.78, 5) is 23.6. The second-order valence-corrected chi connectivity index (χ2v) is 3.76. The van der Waals surface area contributed by atoms with Crippen LogP contribution in [-0.2, 0) is 25.2 Å². The van der Waals surface area contributed by atoms with Gasteiger partial charge in [-0.25, -0.2) is 0 Å². The Bertz CT molecular complexity index is 503. The van der Waals surface area contributed by atoms with Gasteiger partial charge in [0.05, 0.1) is 25.0 Å². The Morgan fingerprint density at radius 1 is 1.13 bits per heavy atom. The number of nitrogens with zero attached hydrogens (tertiary/aromatic N) is 2. The minimum atomic E-state index is -4.79. The van der Waals surface area contributed by atoms with Crippen molar-refractivity contribution in [1.29, 1.82) is 0 Å². The average molecular weight is 336 g/mol. The highest BCUT2D eigenvalue weighted by molar-refractivity contribution is 6.00. The second-order valence-electron chi connectivity index (χ2n) is 3.76. The molecule has 0 amide bonds. The van der Waals surface area contributed by atoms with E-state index in [0.717, 1.165) is 6.20 Å². The third-order valence-electron chi connectivity index (χ3n) is 2.37. The van der Waals surface area contributed by atoms with E-state index in [2.05, 4.69) is 19.7 Å². The number of hydrogen-bond donors (Lipinski definition) is 0. The molecule has 1 aromatic rings. The molecular weight excluding hydrogens is 317 g/mol. The van der Waals surface area contributed by atoms with Gasteiger partial charge in [0.25, 0.3) is 0 Å². The van der Waals surface area contributed by atoms with E-state index in [0.29, 0.717) is 6.07 Å². The number of carbonyl (C=O) groups is 2. The molecule has 0 aromatic carbocycles. The summed E-state index contributed by atoms with van der Waals surface area (Å²) >= 11 is 0. The SMILES string of the molecule is CC.CCOC(=O)C(C(=O)OCC)c1nnccc1C(F)(F)F. The Kier molecular flexibility index (Phi) is 8.82. The normalized spacial score (nSPS) is 10.6. The zero-order chi connectivity index (χ0) is 18.0. The van der Waals surface area contributed by atoms with Crippen LogP contribution in [0.25, 0.3) is 0 Å². The molecule has 130 valence electrons. The molecular formula is C14H19F3N2O4. The van der Waals surface area contributed by atoms with E-state index in [9.17, 15) is 22.8 Å². The topological polar surface area (TPSA) is 78.4 Å². The zero-order valence-electron chi connectivity index (χ0n) is 13.3. The van der Waals surface area contributed by atoms with Gasteiger partial charge in [-0.15, -0.1) is 0 Å². The molecule has 0 aliphatic rings. The largest absolute Gasteiger partial charge is 0.465 e. The summed E-state index contributed by atoms with van der Waals surface area (Å²) in [6, 6.07) is 0.633. The minimum Gasteiger partial charge on any atom is -0.465 e. The van der Waals surface area contributed by atoms with Crippen LogP contribution in [0, 0.1) is 0 Å². The molecule has 23 heavy (non-hydrogen) atoms. The van der Waals surface area contributed by atoms with Crippen molar-refractivity contribution in [2.75, 3.05) is 13.2 Å². The van der Waals surface area contributed by atoms with Crippen LogP contribution in [0.2, 0.25) is 0 Å². The quantitative estimate of drug-likeness (QED) is 0.608. The first kappa shape index (κ1) is 20.8. The molecule has 0 saturated heterocycles. The standard InChI is InChI=1S/C12H13F3N2O4.C2H6/c1-3-20-10(18)8(11(19)21-4-2)9-7(12(13,14)15)5-6-16-17-9;1-2/h5-6,8H,3-4H2,1-2H3;1-2H3. The minimum absolute atomic E-state index is 0.101. The average Bonchev–Trinajstić information content (AvgIpc) is 2.49. The first-order valence-corrected chi connectivity index (χ1v) is 7.04. The smallest absolute Gasteiger partial charge is 0.418 e. The van der Waals surface area contributed by atoms with Gasteiger partial charge in [0, 0.05) is 0 Å². The van der Waals surface area contributed by atoms with Crippen LogP contribution in [0.15, 0.2) is 12.3 Å². The van der Waals surface area contributed by atoms with E-state index in [1.54, 1.807) is 0 Å². The van der Waals surface area contributed by atoms with Crippen molar-refractivity contribution in [2.45, 2.75) is 39.8 Å². The molecule has 0 bridgehead atoms. The monoisotopic (exact) mass is 336 g/mol. The van der Waals surface area contributed by atoms with Crippen LogP contribution in [0.4, 0.5) is 13.2 Å². The van der Waals surface area contributed by atoms with Crippen LogP contribution in [-0.4, -0.2) is 35.3 Å². The lowest BCUT2D eigenvalue weighted by atomic mass is 10.0. The summed E-state index contributed by atoms with van der Waals surface area (Å²) in [5.74, 6) is -4.25. The molecule has 0 N–H and O–H groups in total. The molecule has 0 aliphatic heterocycles. The van der Waals surface area contributed by atoms with Gasteiger partial charge >= 0.3 is 18.1 Å². The first-order valence-electron chi connectivity index (χ1n) is 7.04. The summed E-state index contributed by atoms with van der Waals surface area (Å²) in [5.41, 5.74) is -2.06. The Balaban J connectivity index is 0.00000232. The molecule has 1 rings (SSSR count). The molecule has 0 spiro atoms. The lowest BCUT2D eigenvalue weighted by Gasteiger charge is -2.17. The van der Waals surface area contributed by atoms with Gasteiger partial charge in [-0.2, -0.15) is 23.4 Å². The summed E-state index contributed by atoms with van der Waals surface area (Å²) < 4.78 is 48.0. The van der Waals surface area contributed by atoms with Crippen molar-refractivity contribution in [3.8, 4) is 0 Å². The number of rotatable bonds is 5. The maximum atomic E-state index is 12.9. The lowest BCUT2D eigenvalue weighted by Crippen LogP contribution is -2.29. The third kappa shape index (κ3) is 5.84. The number of alkyl halides is 3. The summed E-state index contributed by atoms with van der Waals surface area (Å²) in [6.07, 6.45) is -3.97. The Hall–Kier alpha value is -2.19. The van der Waals surface area contributed by atoms with Crippen LogP contribution in [0.3, 0.4) is 0 Å². The van der Waals surface area contributed by atoms with E-state index in [1.165, 1.54) is 13.8 Å². The highest BCUT2D eigenvalue weighted by Gasteiger charge is 2.42. The van der Waals surface area contributed by atoms with E-state index >= 15 is 0 Å². The molecule has 0 atom stereocenters. The molecule has 1 aromatic heterocycles. The van der Waals surface area contributed by atoms with Crippen molar-refractivity contribution in [3.05, 3.63) is 23.5 Å². The molecule has 0 fully saturated rings. The Labute approximate surface area is 132 Å². The molecule has 0 saturated carbocycles. The lowest BCUT2D eigenvalue weighted by molar-refractivity contribution is -0.157. The van der Waals surface area contributed by atoms with Gasteiger partial charge < -0.3 is 9.47 Å². The number of hydrogen-bond acceptors (Lipinski definition) is 6. The molecule has 0 aliphatic carbocycles. The first-order chi connectivity index (χ1) is 10.8. The fourth-order valence-corrected chi connectivity index (χ4v) is 1.57. The number of halogens is 3. The van der Waals surface area contributed by atoms with Crippen LogP contribution < -0.4 is 0 Å². The predicted molar refractivity (Wildman–Crippen MR) is 74.4 cm³/mol. The number of esters is 2. The van der Waals surface area contributed by atoms with Crippen molar-refractivity contribution < 1.29 is 32.2 Å². The van der Waals surface area contributed by atoms with Gasteiger partial charge in [0.2, 0.25) is 0 Å². The van der Waals surface area contributed by atoms with E-state index < -0.39 is 35.3 Å². The highest BCUT2D eigenvalue weighted by atomic mass is 19.4. The second kappa shape index (κ2) is 9.75. The van der Waals surface area contributed by atoms with E-state index in [-0.39, 0.29) is 13.2 Å². The van der Waals surface area contributed by atoms with Crippen molar-refractivity contribution >= 4 is 11.9 Å². The number of aromatic nitrogens is 2. The van der Waals surface area contributed by atoms with E-state index in [4.69, 9.17) is 0 Å². The van der Waals surface area contributed by atoms with Gasteiger partial charge in [-0.05, 0) is 19.9 Å². The fraction of sp³-hybridized carbons (Fsp3) is 0.571. The predicted octanol–water partition coefficient (Wildman–Crippen LogP) is 2.73. The maximum absolute atomic E-state index is 12.9. The maximum Gasteiger partial charge on any atom is 0.418 e. The Morgan fingerprint density at radius 3 is 2.00 bits per heavy atom. The zero-order valence-corrected chi connectivity index (χ0v) is 13.3. The number of ether oxygens (including phenoxy) is 2.